The summed E-state index contributed by atoms with van der Waals surface area (Å²) in [4.78, 5) is 14.8. The summed E-state index contributed by atoms with van der Waals surface area (Å²) in [6, 6.07) is 5.02. The van der Waals surface area contributed by atoms with Crippen LogP contribution in [0, 0.1) is 0 Å². The molecule has 1 amide bonds. The fraction of sp³-hybridized carbons (Fsp3) is 0.308. The molecule has 0 aliphatic rings. The molecule has 5 nitrogen and oxygen atoms in total. The average Bonchev–Trinajstić information content (AvgIpc) is 2.71. The molecule has 1 atom stereocenters. The van der Waals surface area contributed by atoms with Crippen LogP contribution in [0.4, 0.5) is 0 Å². The quantitative estimate of drug-likeness (QED) is 0.646. The summed E-state index contributed by atoms with van der Waals surface area (Å²) in [5.41, 5.74) is 7.22. The van der Waals surface area contributed by atoms with Crippen molar-refractivity contribution in [2.45, 2.75) is 19.4 Å². The molecule has 5 heteroatoms. The first-order valence-corrected chi connectivity index (χ1v) is 5.88. The molecule has 0 aliphatic heterocycles. The van der Waals surface area contributed by atoms with Crippen LogP contribution >= 0.6 is 0 Å². The van der Waals surface area contributed by atoms with Gasteiger partial charge in [-0.1, -0.05) is 0 Å². The van der Waals surface area contributed by atoms with E-state index in [1.165, 1.54) is 0 Å². The van der Waals surface area contributed by atoms with Crippen LogP contribution in [0.1, 0.15) is 12.5 Å². The Morgan fingerprint density at radius 2 is 2.33 bits per heavy atom. The smallest absolute Gasteiger partial charge is 0.224 e. The Bertz CT molecular complexity index is 562. The maximum Gasteiger partial charge on any atom is 0.224 e. The highest BCUT2D eigenvalue weighted by Gasteiger charge is 2.10. The number of phenols is 1. The Hall–Kier alpha value is -2.01. The van der Waals surface area contributed by atoms with E-state index < -0.39 is 0 Å². The van der Waals surface area contributed by atoms with Gasteiger partial charge >= 0.3 is 0 Å². The first-order chi connectivity index (χ1) is 8.60. The zero-order chi connectivity index (χ0) is 13.1. The first-order valence-electron chi connectivity index (χ1n) is 5.88. The number of carbonyl (C=O) groups excluding carboxylic acids is 1. The molecule has 96 valence electrons. The van der Waals surface area contributed by atoms with Gasteiger partial charge in [-0.15, -0.1) is 0 Å². The number of amides is 1. The number of rotatable bonds is 4. The Balaban J connectivity index is 2.16. The predicted octanol–water partition coefficient (Wildman–Crippen LogP) is 0.879. The number of nitrogens with two attached hydrogens (primary N) is 1. The second-order valence-corrected chi connectivity index (χ2v) is 4.42. The monoisotopic (exact) mass is 247 g/mol. The van der Waals surface area contributed by atoms with E-state index in [4.69, 9.17) is 5.73 Å². The summed E-state index contributed by atoms with van der Waals surface area (Å²) in [5, 5.41) is 13.1. The van der Waals surface area contributed by atoms with Crippen LogP contribution in [0.3, 0.4) is 0 Å². The molecule has 1 aromatic carbocycles. The minimum Gasteiger partial charge on any atom is -0.508 e. The Morgan fingerprint density at radius 3 is 3.06 bits per heavy atom. The van der Waals surface area contributed by atoms with Crippen molar-refractivity contribution < 1.29 is 9.90 Å². The minimum atomic E-state index is -0.0720. The molecule has 0 fully saturated rings. The molecular weight excluding hydrogens is 230 g/mol. The van der Waals surface area contributed by atoms with Crippen molar-refractivity contribution in [1.29, 1.82) is 0 Å². The van der Waals surface area contributed by atoms with E-state index >= 15 is 0 Å². The highest BCUT2D eigenvalue weighted by atomic mass is 16.3. The average molecular weight is 247 g/mol. The number of H-pyrrole nitrogens is 1. The standard InChI is InChI=1S/C13H17N3O2/c1-8(6-14)16-13(18)4-9-7-15-12-3-2-10(17)5-11(9)12/h2-3,5,7-8,15,17H,4,6,14H2,1H3,(H,16,18). The summed E-state index contributed by atoms with van der Waals surface area (Å²) in [7, 11) is 0. The van der Waals surface area contributed by atoms with Gasteiger partial charge in [0.1, 0.15) is 5.75 Å². The second kappa shape index (κ2) is 5.10. The SMILES string of the molecule is CC(CN)NC(=O)Cc1c[nH]c2ccc(O)cc12. The van der Waals surface area contributed by atoms with Gasteiger partial charge in [-0.2, -0.15) is 0 Å². The largest absolute Gasteiger partial charge is 0.508 e. The van der Waals surface area contributed by atoms with Crippen molar-refractivity contribution >= 4 is 16.8 Å². The van der Waals surface area contributed by atoms with E-state index in [0.717, 1.165) is 16.5 Å². The molecule has 1 aromatic heterocycles. The fourth-order valence-electron chi connectivity index (χ4n) is 1.87. The van der Waals surface area contributed by atoms with E-state index in [2.05, 4.69) is 10.3 Å². The van der Waals surface area contributed by atoms with E-state index in [1.807, 2.05) is 6.92 Å². The molecule has 18 heavy (non-hydrogen) atoms. The van der Waals surface area contributed by atoms with Gasteiger partial charge < -0.3 is 21.1 Å². The maximum atomic E-state index is 11.8. The van der Waals surface area contributed by atoms with Crippen molar-refractivity contribution in [2.24, 2.45) is 5.73 Å². The highest BCUT2D eigenvalue weighted by Crippen LogP contribution is 2.23. The van der Waals surface area contributed by atoms with Gasteiger partial charge in [0.25, 0.3) is 0 Å². The lowest BCUT2D eigenvalue weighted by Gasteiger charge is -2.10. The third-order valence-corrected chi connectivity index (χ3v) is 2.86. The number of benzene rings is 1. The summed E-state index contributed by atoms with van der Waals surface area (Å²) >= 11 is 0. The number of aromatic hydroxyl groups is 1. The van der Waals surface area contributed by atoms with Crippen LogP contribution in [0.25, 0.3) is 10.9 Å². The number of phenolic OH excluding ortho intramolecular Hbond substituents is 1. The molecule has 2 aromatic rings. The minimum absolute atomic E-state index is 0.0314. The lowest BCUT2D eigenvalue weighted by Crippen LogP contribution is -2.38. The number of aromatic nitrogens is 1. The first kappa shape index (κ1) is 12.4. The maximum absolute atomic E-state index is 11.8. The van der Waals surface area contributed by atoms with Gasteiger partial charge in [0.2, 0.25) is 5.91 Å². The van der Waals surface area contributed by atoms with Gasteiger partial charge in [-0.3, -0.25) is 4.79 Å². The van der Waals surface area contributed by atoms with Crippen LogP contribution in [0.5, 0.6) is 5.75 Å². The van der Waals surface area contributed by atoms with Gasteiger partial charge in [0, 0.05) is 29.7 Å². The van der Waals surface area contributed by atoms with Gasteiger partial charge in [0.15, 0.2) is 0 Å². The third-order valence-electron chi connectivity index (χ3n) is 2.86. The molecule has 0 bridgehead atoms. The number of aromatic amines is 1. The van der Waals surface area contributed by atoms with Crippen LogP contribution in [0.2, 0.25) is 0 Å². The second-order valence-electron chi connectivity index (χ2n) is 4.42. The van der Waals surface area contributed by atoms with Crippen molar-refractivity contribution in [3.63, 3.8) is 0 Å². The van der Waals surface area contributed by atoms with Crippen LogP contribution in [-0.4, -0.2) is 28.6 Å². The summed E-state index contributed by atoms with van der Waals surface area (Å²) in [6.07, 6.45) is 2.06. The number of carbonyl (C=O) groups is 1. The molecule has 1 heterocycles. The molecular formula is C13H17N3O2. The Kier molecular flexibility index (Phi) is 3.53. The number of nitrogens with one attached hydrogen (secondary N) is 2. The van der Waals surface area contributed by atoms with Crippen molar-refractivity contribution in [3.05, 3.63) is 30.0 Å². The van der Waals surface area contributed by atoms with Crippen LogP contribution < -0.4 is 11.1 Å². The number of hydrogen-bond acceptors (Lipinski definition) is 3. The number of hydrogen-bond donors (Lipinski definition) is 4. The zero-order valence-corrected chi connectivity index (χ0v) is 10.2. The lowest BCUT2D eigenvalue weighted by atomic mass is 10.1. The molecule has 0 saturated heterocycles. The predicted molar refractivity (Wildman–Crippen MR) is 70.3 cm³/mol. The van der Waals surface area contributed by atoms with Gasteiger partial charge in [-0.25, -0.2) is 0 Å². The van der Waals surface area contributed by atoms with Crippen LogP contribution in [0.15, 0.2) is 24.4 Å². The van der Waals surface area contributed by atoms with E-state index in [-0.39, 0.29) is 24.1 Å². The van der Waals surface area contributed by atoms with Crippen molar-refractivity contribution in [3.8, 4) is 5.75 Å². The summed E-state index contributed by atoms with van der Waals surface area (Å²) in [5.74, 6) is 0.122. The highest BCUT2D eigenvalue weighted by molar-refractivity contribution is 5.89. The van der Waals surface area contributed by atoms with Crippen molar-refractivity contribution in [1.82, 2.24) is 10.3 Å². The normalized spacial score (nSPS) is 12.6. The van der Waals surface area contributed by atoms with E-state index in [9.17, 15) is 9.90 Å². The van der Waals surface area contributed by atoms with Gasteiger partial charge in [0.05, 0.1) is 6.42 Å². The summed E-state index contributed by atoms with van der Waals surface area (Å²) < 4.78 is 0. The molecule has 5 N–H and O–H groups in total. The topological polar surface area (TPSA) is 91.1 Å². The molecule has 1 unspecified atom stereocenters. The molecule has 0 aliphatic carbocycles. The molecule has 0 radical (unpaired) electrons. The van der Waals surface area contributed by atoms with Crippen LogP contribution in [-0.2, 0) is 11.2 Å². The molecule has 2 rings (SSSR count). The summed E-state index contributed by atoms with van der Waals surface area (Å²) in [6.45, 7) is 2.28. The third kappa shape index (κ3) is 2.62. The fourth-order valence-corrected chi connectivity index (χ4v) is 1.87. The number of fused-ring (bicyclic) bond motifs is 1. The Labute approximate surface area is 105 Å². The van der Waals surface area contributed by atoms with Crippen molar-refractivity contribution in [2.75, 3.05) is 6.54 Å². The molecule has 0 spiro atoms. The van der Waals surface area contributed by atoms with Gasteiger partial charge in [-0.05, 0) is 30.7 Å². The Morgan fingerprint density at radius 1 is 1.56 bits per heavy atom. The lowest BCUT2D eigenvalue weighted by molar-refractivity contribution is -0.120. The molecule has 0 saturated carbocycles. The van der Waals surface area contributed by atoms with E-state index in [1.54, 1.807) is 24.4 Å². The van der Waals surface area contributed by atoms with E-state index in [0.29, 0.717) is 6.54 Å². The zero-order valence-electron chi connectivity index (χ0n) is 10.2.